The van der Waals surface area contributed by atoms with E-state index in [9.17, 15) is 18.3 Å². The number of carbonyl (C=O) groups is 1. The highest BCUT2D eigenvalue weighted by molar-refractivity contribution is 7.89. The second-order valence-corrected chi connectivity index (χ2v) is 7.44. The topological polar surface area (TPSA) is 101 Å². The van der Waals surface area contributed by atoms with Crippen molar-refractivity contribution in [1.82, 2.24) is 0 Å². The molecule has 1 aliphatic rings. The molecule has 0 amide bonds. The number of nitrogens with zero attached hydrogens (tertiary/aromatic N) is 1. The van der Waals surface area contributed by atoms with Gasteiger partial charge in [-0.15, -0.1) is 0 Å². The van der Waals surface area contributed by atoms with E-state index in [1.165, 1.54) is 12.1 Å². The highest BCUT2D eigenvalue weighted by atomic mass is 32.2. The van der Waals surface area contributed by atoms with Gasteiger partial charge in [0.05, 0.1) is 16.1 Å². The first-order valence-corrected chi connectivity index (χ1v) is 8.38. The molecule has 3 N–H and O–H groups in total. The molecule has 0 radical (unpaired) electrons. The smallest absolute Gasteiger partial charge is 0.337 e. The zero-order valence-electron chi connectivity index (χ0n) is 12.1. The van der Waals surface area contributed by atoms with Crippen molar-refractivity contribution in [3.05, 3.63) is 23.8 Å². The van der Waals surface area contributed by atoms with Gasteiger partial charge in [0.2, 0.25) is 10.0 Å². The van der Waals surface area contributed by atoms with Gasteiger partial charge in [0.25, 0.3) is 0 Å². The molecule has 0 aromatic heterocycles. The van der Waals surface area contributed by atoms with Crippen molar-refractivity contribution in [3.63, 3.8) is 0 Å². The monoisotopic (exact) mass is 312 g/mol. The molecule has 1 aromatic rings. The molecule has 116 valence electrons. The third kappa shape index (κ3) is 3.54. The second kappa shape index (κ2) is 5.65. The number of sulfonamides is 1. The zero-order valence-corrected chi connectivity index (χ0v) is 12.9. The van der Waals surface area contributed by atoms with Gasteiger partial charge in [-0.25, -0.2) is 18.4 Å². The number of carboxylic acid groups (broad SMARTS) is 1. The molecule has 1 heterocycles. The van der Waals surface area contributed by atoms with Gasteiger partial charge in [0, 0.05) is 13.1 Å². The summed E-state index contributed by atoms with van der Waals surface area (Å²) in [6.07, 6.45) is 1.11. The molecule has 21 heavy (non-hydrogen) atoms. The van der Waals surface area contributed by atoms with Crippen LogP contribution < -0.4 is 10.0 Å². The van der Waals surface area contributed by atoms with E-state index in [2.05, 4.69) is 13.8 Å². The third-order valence-corrected chi connectivity index (χ3v) is 4.65. The molecule has 0 aliphatic carbocycles. The largest absolute Gasteiger partial charge is 0.478 e. The summed E-state index contributed by atoms with van der Waals surface area (Å²) < 4.78 is 22.7. The van der Waals surface area contributed by atoms with E-state index in [4.69, 9.17) is 5.14 Å². The lowest BCUT2D eigenvalue weighted by Gasteiger charge is -2.37. The Bertz CT molecular complexity index is 647. The molecule has 2 rings (SSSR count). The zero-order chi connectivity index (χ0) is 15.8. The summed E-state index contributed by atoms with van der Waals surface area (Å²) in [5.41, 5.74) is 0.524. The Morgan fingerprint density at radius 2 is 1.86 bits per heavy atom. The predicted molar refractivity (Wildman–Crippen MR) is 79.9 cm³/mol. The number of anilines is 1. The average molecular weight is 312 g/mol. The van der Waals surface area contributed by atoms with Crippen molar-refractivity contribution in [3.8, 4) is 0 Å². The minimum atomic E-state index is -3.91. The van der Waals surface area contributed by atoms with E-state index in [0.29, 0.717) is 17.5 Å². The van der Waals surface area contributed by atoms with Gasteiger partial charge >= 0.3 is 5.97 Å². The first-order valence-electron chi connectivity index (χ1n) is 6.83. The van der Waals surface area contributed by atoms with Gasteiger partial charge in [0.15, 0.2) is 0 Å². The number of aromatic carboxylic acids is 1. The van der Waals surface area contributed by atoms with Crippen molar-refractivity contribution < 1.29 is 18.3 Å². The minimum Gasteiger partial charge on any atom is -0.478 e. The third-order valence-electron chi connectivity index (χ3n) is 3.74. The van der Waals surface area contributed by atoms with Crippen LogP contribution in [0.3, 0.4) is 0 Å². The number of primary sulfonamides is 1. The van der Waals surface area contributed by atoms with E-state index in [1.807, 2.05) is 4.90 Å². The highest BCUT2D eigenvalue weighted by Gasteiger charge is 2.26. The second-order valence-electron chi connectivity index (χ2n) is 5.88. The molecule has 0 bridgehead atoms. The molecule has 6 nitrogen and oxygen atoms in total. The lowest BCUT2D eigenvalue weighted by molar-refractivity contribution is 0.0697. The van der Waals surface area contributed by atoms with Gasteiger partial charge in [-0.1, -0.05) is 13.8 Å². The SMILES string of the molecule is CC1CC(C)CN(c2ccc(S(N)(=O)=O)cc2C(=O)O)C1. The molecule has 1 aromatic carbocycles. The Morgan fingerprint density at radius 1 is 1.29 bits per heavy atom. The molecular weight excluding hydrogens is 292 g/mol. The Morgan fingerprint density at radius 3 is 2.33 bits per heavy atom. The summed E-state index contributed by atoms with van der Waals surface area (Å²) in [7, 11) is -3.91. The summed E-state index contributed by atoms with van der Waals surface area (Å²) in [5.74, 6) is -0.219. The number of nitrogens with two attached hydrogens (primary N) is 1. The van der Waals surface area contributed by atoms with Crippen molar-refractivity contribution in [2.75, 3.05) is 18.0 Å². The van der Waals surface area contributed by atoms with Gasteiger partial charge in [0.1, 0.15) is 0 Å². The Labute approximate surface area is 124 Å². The number of rotatable bonds is 3. The Hall–Kier alpha value is -1.60. The van der Waals surface area contributed by atoms with E-state index in [0.717, 1.165) is 25.6 Å². The fraction of sp³-hybridized carbons (Fsp3) is 0.500. The normalized spacial score (nSPS) is 23.1. The molecule has 1 fully saturated rings. The summed E-state index contributed by atoms with van der Waals surface area (Å²) in [5, 5.41) is 14.4. The maximum Gasteiger partial charge on any atom is 0.337 e. The number of piperidine rings is 1. The van der Waals surface area contributed by atoms with Crippen LogP contribution in [0.15, 0.2) is 23.1 Å². The number of hydrogen-bond donors (Lipinski definition) is 2. The maximum atomic E-state index is 11.4. The molecule has 0 spiro atoms. The molecule has 1 aliphatic heterocycles. The quantitative estimate of drug-likeness (QED) is 0.881. The maximum absolute atomic E-state index is 11.4. The van der Waals surface area contributed by atoms with Crippen LogP contribution in [-0.2, 0) is 10.0 Å². The van der Waals surface area contributed by atoms with Crippen LogP contribution in [0.4, 0.5) is 5.69 Å². The van der Waals surface area contributed by atoms with Crippen LogP contribution in [0.25, 0.3) is 0 Å². The van der Waals surface area contributed by atoms with Crippen LogP contribution in [-0.4, -0.2) is 32.6 Å². The van der Waals surface area contributed by atoms with Crippen LogP contribution in [0, 0.1) is 11.8 Å². The van der Waals surface area contributed by atoms with Crippen molar-refractivity contribution >= 4 is 21.7 Å². The van der Waals surface area contributed by atoms with Crippen LogP contribution in [0.1, 0.15) is 30.6 Å². The number of hydrogen-bond acceptors (Lipinski definition) is 4. The van der Waals surface area contributed by atoms with Crippen LogP contribution in [0.5, 0.6) is 0 Å². The first-order chi connectivity index (χ1) is 9.68. The van der Waals surface area contributed by atoms with Gasteiger partial charge in [-0.3, -0.25) is 0 Å². The highest BCUT2D eigenvalue weighted by Crippen LogP contribution is 2.30. The average Bonchev–Trinajstić information content (AvgIpc) is 2.35. The lowest BCUT2D eigenvalue weighted by atomic mass is 9.91. The van der Waals surface area contributed by atoms with E-state index in [1.54, 1.807) is 0 Å². The first kappa shape index (κ1) is 15.8. The van der Waals surface area contributed by atoms with Gasteiger partial charge in [-0.05, 0) is 36.5 Å². The predicted octanol–water partition coefficient (Wildman–Crippen LogP) is 1.51. The van der Waals surface area contributed by atoms with Crippen molar-refractivity contribution in [2.24, 2.45) is 17.0 Å². The standard InChI is InChI=1S/C14H20N2O4S/c1-9-5-10(2)8-16(7-9)13-4-3-11(21(15,19)20)6-12(13)14(17)18/h3-4,6,9-10H,5,7-8H2,1-2H3,(H,17,18)(H2,15,19,20). The van der Waals surface area contributed by atoms with Crippen molar-refractivity contribution in [2.45, 2.75) is 25.2 Å². The summed E-state index contributed by atoms with van der Waals surface area (Å²) in [6, 6.07) is 4.03. The molecule has 1 saturated heterocycles. The van der Waals surface area contributed by atoms with Gasteiger partial charge < -0.3 is 10.0 Å². The van der Waals surface area contributed by atoms with E-state index >= 15 is 0 Å². The summed E-state index contributed by atoms with van der Waals surface area (Å²) >= 11 is 0. The Kier molecular flexibility index (Phi) is 4.25. The fourth-order valence-electron chi connectivity index (χ4n) is 3.00. The van der Waals surface area contributed by atoms with E-state index in [-0.39, 0.29) is 10.5 Å². The molecule has 7 heteroatoms. The molecular formula is C14H20N2O4S. The van der Waals surface area contributed by atoms with E-state index < -0.39 is 16.0 Å². The lowest BCUT2D eigenvalue weighted by Crippen LogP contribution is -2.39. The van der Waals surface area contributed by atoms with Crippen LogP contribution in [0.2, 0.25) is 0 Å². The summed E-state index contributed by atoms with van der Waals surface area (Å²) in [4.78, 5) is 13.3. The van der Waals surface area contributed by atoms with Crippen molar-refractivity contribution in [1.29, 1.82) is 0 Å². The van der Waals surface area contributed by atoms with Gasteiger partial charge in [-0.2, -0.15) is 0 Å². The minimum absolute atomic E-state index is 0.0252. The molecule has 2 unspecified atom stereocenters. The molecule has 0 saturated carbocycles. The summed E-state index contributed by atoms with van der Waals surface area (Å²) in [6.45, 7) is 5.78. The molecule has 2 atom stereocenters. The van der Waals surface area contributed by atoms with Crippen LogP contribution >= 0.6 is 0 Å². The Balaban J connectivity index is 2.46. The number of carboxylic acids is 1. The number of benzene rings is 1. The fourth-order valence-corrected chi connectivity index (χ4v) is 3.54.